The molecule has 1 saturated carbocycles. The van der Waals surface area contributed by atoms with Crippen LogP contribution < -0.4 is 5.73 Å². The first-order valence-electron chi connectivity index (χ1n) is 5.83. The summed E-state index contributed by atoms with van der Waals surface area (Å²) in [5.74, 6) is 1.86. The van der Waals surface area contributed by atoms with E-state index in [-0.39, 0.29) is 5.69 Å². The van der Waals surface area contributed by atoms with Crippen molar-refractivity contribution in [3.05, 3.63) is 28.3 Å². The Bertz CT molecular complexity index is 417. The van der Waals surface area contributed by atoms with Crippen molar-refractivity contribution in [3.8, 4) is 0 Å². The Morgan fingerprint density at radius 1 is 1.41 bits per heavy atom. The van der Waals surface area contributed by atoms with Crippen LogP contribution in [0.2, 0.25) is 0 Å². The summed E-state index contributed by atoms with van der Waals surface area (Å²) in [6.07, 6.45) is 5.28. The van der Waals surface area contributed by atoms with Crippen molar-refractivity contribution in [1.82, 2.24) is 0 Å². The van der Waals surface area contributed by atoms with Gasteiger partial charge in [-0.2, -0.15) is 0 Å². The predicted octanol–water partition coefficient (Wildman–Crippen LogP) is 3.46. The lowest BCUT2D eigenvalue weighted by Crippen LogP contribution is -1.98. The molecular formula is C12H16N2O2S. The molecule has 1 aliphatic carbocycles. The van der Waals surface area contributed by atoms with Crippen molar-refractivity contribution in [2.45, 2.75) is 30.6 Å². The number of thioether (sulfide) groups is 1. The standard InChI is InChI=1S/C12H16N2O2S/c13-11-7-10(14(15)16)5-6-12(11)17-8-9-3-1-2-4-9/h5-7,9H,1-4,8,13H2. The van der Waals surface area contributed by atoms with Gasteiger partial charge in [0.05, 0.1) is 10.6 Å². The molecule has 1 aliphatic rings. The Balaban J connectivity index is 1.98. The topological polar surface area (TPSA) is 69.2 Å². The molecule has 1 fully saturated rings. The molecule has 0 spiro atoms. The minimum atomic E-state index is -0.415. The summed E-state index contributed by atoms with van der Waals surface area (Å²) >= 11 is 1.72. The summed E-state index contributed by atoms with van der Waals surface area (Å²) in [5, 5.41) is 10.6. The molecule has 0 aromatic heterocycles. The molecule has 0 atom stereocenters. The SMILES string of the molecule is Nc1cc([N+](=O)[O-])ccc1SCC1CCCC1. The van der Waals surface area contributed by atoms with Crippen LogP contribution in [0.5, 0.6) is 0 Å². The first-order chi connectivity index (χ1) is 8.16. The maximum absolute atomic E-state index is 10.6. The van der Waals surface area contributed by atoms with E-state index in [4.69, 9.17) is 5.73 Å². The summed E-state index contributed by atoms with van der Waals surface area (Å²) in [4.78, 5) is 11.1. The van der Waals surface area contributed by atoms with Gasteiger partial charge >= 0.3 is 0 Å². The van der Waals surface area contributed by atoms with E-state index in [9.17, 15) is 10.1 Å². The van der Waals surface area contributed by atoms with Gasteiger partial charge in [-0.1, -0.05) is 12.8 Å². The lowest BCUT2D eigenvalue weighted by Gasteiger charge is -2.09. The van der Waals surface area contributed by atoms with Crippen LogP contribution in [-0.4, -0.2) is 10.7 Å². The van der Waals surface area contributed by atoms with Gasteiger partial charge in [0.1, 0.15) is 0 Å². The quantitative estimate of drug-likeness (QED) is 0.385. The zero-order chi connectivity index (χ0) is 12.3. The van der Waals surface area contributed by atoms with Crippen molar-refractivity contribution in [2.75, 3.05) is 11.5 Å². The van der Waals surface area contributed by atoms with Crippen molar-refractivity contribution in [2.24, 2.45) is 5.92 Å². The second kappa shape index (κ2) is 5.40. The molecule has 0 heterocycles. The molecule has 17 heavy (non-hydrogen) atoms. The van der Waals surface area contributed by atoms with E-state index in [1.165, 1.54) is 37.8 Å². The number of hydrogen-bond donors (Lipinski definition) is 1. The van der Waals surface area contributed by atoms with E-state index in [2.05, 4.69) is 0 Å². The van der Waals surface area contributed by atoms with Gasteiger partial charge in [-0.3, -0.25) is 10.1 Å². The van der Waals surface area contributed by atoms with Gasteiger partial charge in [0, 0.05) is 22.8 Å². The third-order valence-electron chi connectivity index (χ3n) is 3.15. The fourth-order valence-corrected chi connectivity index (χ4v) is 3.30. The highest BCUT2D eigenvalue weighted by molar-refractivity contribution is 7.99. The third kappa shape index (κ3) is 3.12. The molecule has 92 valence electrons. The third-order valence-corrected chi connectivity index (χ3v) is 4.47. The van der Waals surface area contributed by atoms with Gasteiger partial charge in [0.25, 0.3) is 5.69 Å². The van der Waals surface area contributed by atoms with Crippen LogP contribution in [-0.2, 0) is 0 Å². The van der Waals surface area contributed by atoms with Gasteiger partial charge in [-0.05, 0) is 24.8 Å². The van der Waals surface area contributed by atoms with Gasteiger partial charge in [0.15, 0.2) is 0 Å². The Morgan fingerprint density at radius 3 is 2.71 bits per heavy atom. The number of nitro benzene ring substituents is 1. The number of nitrogens with zero attached hydrogens (tertiary/aromatic N) is 1. The van der Waals surface area contributed by atoms with Gasteiger partial charge in [0.2, 0.25) is 0 Å². The minimum Gasteiger partial charge on any atom is -0.398 e. The zero-order valence-electron chi connectivity index (χ0n) is 9.59. The number of hydrogen-bond acceptors (Lipinski definition) is 4. The predicted molar refractivity (Wildman–Crippen MR) is 70.2 cm³/mol. The fourth-order valence-electron chi connectivity index (χ4n) is 2.17. The van der Waals surface area contributed by atoms with E-state index in [1.807, 2.05) is 0 Å². The van der Waals surface area contributed by atoms with Crippen LogP contribution in [0, 0.1) is 16.0 Å². The molecule has 0 amide bonds. The molecule has 0 saturated heterocycles. The first kappa shape index (κ1) is 12.2. The molecule has 1 aromatic rings. The Morgan fingerprint density at radius 2 is 2.12 bits per heavy atom. The number of nitrogens with two attached hydrogens (primary N) is 1. The maximum Gasteiger partial charge on any atom is 0.271 e. The lowest BCUT2D eigenvalue weighted by molar-refractivity contribution is -0.384. The molecule has 0 bridgehead atoms. The van der Waals surface area contributed by atoms with E-state index >= 15 is 0 Å². The molecule has 5 heteroatoms. The second-order valence-electron chi connectivity index (χ2n) is 4.44. The lowest BCUT2D eigenvalue weighted by atomic mass is 10.1. The molecular weight excluding hydrogens is 236 g/mol. The van der Waals surface area contributed by atoms with Gasteiger partial charge in [-0.25, -0.2) is 0 Å². The van der Waals surface area contributed by atoms with E-state index in [0.717, 1.165) is 16.6 Å². The number of nitro groups is 1. The van der Waals surface area contributed by atoms with Crippen LogP contribution in [0.3, 0.4) is 0 Å². The summed E-state index contributed by atoms with van der Waals surface area (Å²) in [6.45, 7) is 0. The zero-order valence-corrected chi connectivity index (χ0v) is 10.4. The number of rotatable bonds is 4. The minimum absolute atomic E-state index is 0.0627. The van der Waals surface area contributed by atoms with E-state index in [1.54, 1.807) is 17.8 Å². The van der Waals surface area contributed by atoms with Crippen LogP contribution in [0.15, 0.2) is 23.1 Å². The van der Waals surface area contributed by atoms with Crippen molar-refractivity contribution in [1.29, 1.82) is 0 Å². The Kier molecular flexibility index (Phi) is 3.89. The molecule has 0 aliphatic heterocycles. The first-order valence-corrected chi connectivity index (χ1v) is 6.82. The van der Waals surface area contributed by atoms with Crippen molar-refractivity contribution in [3.63, 3.8) is 0 Å². The van der Waals surface area contributed by atoms with Crippen molar-refractivity contribution >= 4 is 23.1 Å². The highest BCUT2D eigenvalue weighted by atomic mass is 32.2. The van der Waals surface area contributed by atoms with Crippen molar-refractivity contribution < 1.29 is 4.92 Å². The molecule has 1 aromatic carbocycles. The van der Waals surface area contributed by atoms with Crippen LogP contribution in [0.1, 0.15) is 25.7 Å². The monoisotopic (exact) mass is 252 g/mol. The van der Waals surface area contributed by atoms with Crippen LogP contribution in [0.4, 0.5) is 11.4 Å². The molecule has 0 radical (unpaired) electrons. The number of nitrogen functional groups attached to an aromatic ring is 1. The second-order valence-corrected chi connectivity index (χ2v) is 5.50. The number of non-ortho nitro benzene ring substituents is 1. The molecule has 0 unspecified atom stereocenters. The highest BCUT2D eigenvalue weighted by Crippen LogP contribution is 2.34. The molecule has 4 nitrogen and oxygen atoms in total. The van der Waals surface area contributed by atoms with Gasteiger partial charge < -0.3 is 5.73 Å². The summed E-state index contributed by atoms with van der Waals surface area (Å²) in [6, 6.07) is 4.72. The molecule has 2 N–H and O–H groups in total. The summed E-state index contributed by atoms with van der Waals surface area (Å²) in [5.41, 5.74) is 6.40. The van der Waals surface area contributed by atoms with Gasteiger partial charge in [-0.15, -0.1) is 11.8 Å². The highest BCUT2D eigenvalue weighted by Gasteiger charge is 2.16. The number of anilines is 1. The van der Waals surface area contributed by atoms with Crippen LogP contribution >= 0.6 is 11.8 Å². The Hall–Kier alpha value is -1.23. The average molecular weight is 252 g/mol. The largest absolute Gasteiger partial charge is 0.398 e. The normalized spacial score (nSPS) is 16.2. The summed E-state index contributed by atoms with van der Waals surface area (Å²) in [7, 11) is 0. The fraction of sp³-hybridized carbons (Fsp3) is 0.500. The molecule has 2 rings (SSSR count). The number of benzene rings is 1. The average Bonchev–Trinajstić information content (AvgIpc) is 2.80. The summed E-state index contributed by atoms with van der Waals surface area (Å²) < 4.78 is 0. The van der Waals surface area contributed by atoms with E-state index < -0.39 is 4.92 Å². The Labute approximate surface area is 105 Å². The van der Waals surface area contributed by atoms with E-state index in [0.29, 0.717) is 5.69 Å². The maximum atomic E-state index is 10.6. The van der Waals surface area contributed by atoms with Crippen LogP contribution in [0.25, 0.3) is 0 Å². The smallest absolute Gasteiger partial charge is 0.271 e.